The lowest BCUT2D eigenvalue weighted by molar-refractivity contribution is -0.121. The Hall–Kier alpha value is -2.70. The summed E-state index contributed by atoms with van der Waals surface area (Å²) in [5.74, 6) is 1.64. The molecule has 0 atom stereocenters. The molecule has 1 aliphatic carbocycles. The van der Waals surface area contributed by atoms with E-state index in [0.717, 1.165) is 12.1 Å². The normalized spacial score (nSPS) is 14.7. The van der Waals surface area contributed by atoms with Gasteiger partial charge >= 0.3 is 0 Å². The van der Waals surface area contributed by atoms with Gasteiger partial charge in [0.15, 0.2) is 5.82 Å². The summed E-state index contributed by atoms with van der Waals surface area (Å²) in [7, 11) is 0. The molecule has 156 valence electrons. The summed E-state index contributed by atoms with van der Waals surface area (Å²) in [6, 6.07) is 7.36. The van der Waals surface area contributed by atoms with Crippen LogP contribution in [0, 0.1) is 5.92 Å². The zero-order valence-corrected chi connectivity index (χ0v) is 17.2. The molecule has 0 radical (unpaired) electrons. The fraction of sp³-hybridized carbons (Fsp3) is 0.545. The molecular formula is C22H30N4O3. The van der Waals surface area contributed by atoms with Gasteiger partial charge < -0.3 is 15.0 Å². The van der Waals surface area contributed by atoms with Gasteiger partial charge in [-0.15, -0.1) is 10.2 Å². The number of aromatic amines is 1. The smallest absolute Gasteiger partial charge is 0.273 e. The molecule has 29 heavy (non-hydrogen) atoms. The van der Waals surface area contributed by atoms with Crippen molar-refractivity contribution in [1.82, 2.24) is 20.5 Å². The maximum absolute atomic E-state index is 12.4. The molecule has 3 rings (SSSR count). The Morgan fingerprint density at radius 1 is 1.24 bits per heavy atom. The van der Waals surface area contributed by atoms with Crippen LogP contribution in [0.2, 0.25) is 0 Å². The molecule has 1 saturated carbocycles. The van der Waals surface area contributed by atoms with Gasteiger partial charge in [-0.1, -0.05) is 31.4 Å². The molecule has 1 aromatic carbocycles. The van der Waals surface area contributed by atoms with Gasteiger partial charge in [0.25, 0.3) is 5.56 Å². The summed E-state index contributed by atoms with van der Waals surface area (Å²) < 4.78 is 5.68. The number of nitrogens with one attached hydrogen (secondary N) is 2. The van der Waals surface area contributed by atoms with E-state index in [1.807, 2.05) is 38.1 Å². The zero-order chi connectivity index (χ0) is 20.6. The lowest BCUT2D eigenvalue weighted by atomic mass is 9.89. The molecule has 0 saturated heterocycles. The fourth-order valence-corrected chi connectivity index (χ4v) is 3.61. The Bertz CT molecular complexity index is 872. The minimum atomic E-state index is -0.315. The van der Waals surface area contributed by atoms with Gasteiger partial charge in [0.2, 0.25) is 5.91 Å². The number of aromatic nitrogens is 3. The van der Waals surface area contributed by atoms with E-state index in [9.17, 15) is 9.59 Å². The molecule has 1 aromatic heterocycles. The number of rotatable bonds is 8. The minimum absolute atomic E-state index is 0.0422. The van der Waals surface area contributed by atoms with Gasteiger partial charge in [0.1, 0.15) is 11.4 Å². The first-order valence-electron chi connectivity index (χ1n) is 10.5. The van der Waals surface area contributed by atoms with Crippen molar-refractivity contribution in [2.24, 2.45) is 5.92 Å². The molecule has 0 unspecified atom stereocenters. The molecule has 0 spiro atoms. The summed E-state index contributed by atoms with van der Waals surface area (Å²) in [6.07, 6.45) is 6.76. The molecule has 1 heterocycles. The van der Waals surface area contributed by atoms with E-state index in [4.69, 9.17) is 4.74 Å². The monoisotopic (exact) mass is 398 g/mol. The summed E-state index contributed by atoms with van der Waals surface area (Å²) in [6.45, 7) is 4.64. The number of hydrogen-bond acceptors (Lipinski definition) is 5. The topological polar surface area (TPSA) is 97.0 Å². The van der Waals surface area contributed by atoms with Crippen molar-refractivity contribution in [2.45, 2.75) is 64.9 Å². The van der Waals surface area contributed by atoms with Crippen molar-refractivity contribution < 1.29 is 9.53 Å². The van der Waals surface area contributed by atoms with E-state index in [1.54, 1.807) is 0 Å². The second-order valence-corrected chi connectivity index (χ2v) is 7.95. The lowest BCUT2D eigenvalue weighted by Gasteiger charge is -2.21. The third-order valence-electron chi connectivity index (χ3n) is 5.15. The quantitative estimate of drug-likeness (QED) is 0.711. The van der Waals surface area contributed by atoms with E-state index in [2.05, 4.69) is 20.5 Å². The Morgan fingerprint density at radius 3 is 2.76 bits per heavy atom. The molecule has 2 N–H and O–H groups in total. The number of carbonyl (C=O) groups is 1. The van der Waals surface area contributed by atoms with E-state index >= 15 is 0 Å². The average Bonchev–Trinajstić information content (AvgIpc) is 2.72. The van der Waals surface area contributed by atoms with E-state index in [0.29, 0.717) is 17.5 Å². The molecular weight excluding hydrogens is 368 g/mol. The number of H-pyrrole nitrogens is 1. The highest BCUT2D eigenvalue weighted by atomic mass is 16.5. The number of benzene rings is 1. The number of aryl methyl sites for hydroxylation is 1. The van der Waals surface area contributed by atoms with Gasteiger partial charge in [-0.3, -0.25) is 9.59 Å². The van der Waals surface area contributed by atoms with Gasteiger partial charge in [-0.2, -0.15) is 0 Å². The molecule has 0 aliphatic heterocycles. The molecule has 2 aromatic rings. The van der Waals surface area contributed by atoms with E-state index in [1.165, 1.54) is 32.1 Å². The lowest BCUT2D eigenvalue weighted by Crippen LogP contribution is -2.31. The third-order valence-corrected chi connectivity index (χ3v) is 5.15. The first-order valence-corrected chi connectivity index (χ1v) is 10.5. The van der Waals surface area contributed by atoms with E-state index in [-0.39, 0.29) is 36.1 Å². The van der Waals surface area contributed by atoms with Crippen LogP contribution in [0.3, 0.4) is 0 Å². The second-order valence-electron chi connectivity index (χ2n) is 7.95. The predicted octanol–water partition coefficient (Wildman–Crippen LogP) is 3.25. The van der Waals surface area contributed by atoms with Crippen LogP contribution in [-0.2, 0) is 11.2 Å². The standard InChI is InChI=1S/C22H30N4O3/c1-15(2)29-18-10-6-9-17(13-18)21-24-22(28)19(25-26-21)11-12-20(27)23-14-16-7-4-3-5-8-16/h6,9-10,13,15-16H,3-5,7-8,11-12,14H2,1-2H3,(H,23,27)(H,24,26,28). The zero-order valence-electron chi connectivity index (χ0n) is 17.2. The van der Waals surface area contributed by atoms with Crippen LogP contribution in [0.25, 0.3) is 11.4 Å². The highest BCUT2D eigenvalue weighted by Crippen LogP contribution is 2.23. The van der Waals surface area contributed by atoms with Gasteiger partial charge in [0.05, 0.1) is 6.10 Å². The Labute approximate surface area is 171 Å². The second kappa shape index (κ2) is 10.2. The SMILES string of the molecule is CC(C)Oc1cccc(-c2nnc(CCC(=O)NCC3CCCCC3)c(=O)[nH]2)c1. The minimum Gasteiger partial charge on any atom is -0.491 e. The average molecular weight is 399 g/mol. The molecule has 1 amide bonds. The maximum Gasteiger partial charge on any atom is 0.273 e. The fourth-order valence-electron chi connectivity index (χ4n) is 3.61. The van der Waals surface area contributed by atoms with Crippen LogP contribution in [0.5, 0.6) is 5.75 Å². The van der Waals surface area contributed by atoms with Crippen molar-refractivity contribution in [1.29, 1.82) is 0 Å². The van der Waals surface area contributed by atoms with Gasteiger partial charge in [-0.05, 0) is 44.7 Å². The van der Waals surface area contributed by atoms with Crippen LogP contribution in [0.1, 0.15) is 58.1 Å². The maximum atomic E-state index is 12.4. The van der Waals surface area contributed by atoms with Crippen LogP contribution in [0.15, 0.2) is 29.1 Å². The van der Waals surface area contributed by atoms with E-state index < -0.39 is 0 Å². The van der Waals surface area contributed by atoms with Gasteiger partial charge in [-0.25, -0.2) is 0 Å². The van der Waals surface area contributed by atoms with Crippen molar-refractivity contribution in [3.8, 4) is 17.1 Å². The van der Waals surface area contributed by atoms with Crippen LogP contribution in [0.4, 0.5) is 0 Å². The molecule has 7 nitrogen and oxygen atoms in total. The van der Waals surface area contributed by atoms with Crippen LogP contribution >= 0.6 is 0 Å². The van der Waals surface area contributed by atoms with Crippen molar-refractivity contribution in [3.05, 3.63) is 40.3 Å². The Morgan fingerprint density at radius 2 is 2.03 bits per heavy atom. The molecule has 0 bridgehead atoms. The summed E-state index contributed by atoms with van der Waals surface area (Å²) >= 11 is 0. The Kier molecular flexibility index (Phi) is 7.38. The number of hydrogen-bond donors (Lipinski definition) is 2. The van der Waals surface area contributed by atoms with Crippen molar-refractivity contribution in [2.75, 3.05) is 6.54 Å². The molecule has 7 heteroatoms. The predicted molar refractivity (Wildman–Crippen MR) is 112 cm³/mol. The highest BCUT2D eigenvalue weighted by Gasteiger charge is 2.15. The molecule has 1 fully saturated rings. The van der Waals surface area contributed by atoms with Crippen LogP contribution < -0.4 is 15.6 Å². The van der Waals surface area contributed by atoms with Gasteiger partial charge in [0, 0.05) is 24.9 Å². The summed E-state index contributed by atoms with van der Waals surface area (Å²) in [4.78, 5) is 27.2. The van der Waals surface area contributed by atoms with Crippen LogP contribution in [-0.4, -0.2) is 33.7 Å². The number of nitrogens with zero attached hydrogens (tertiary/aromatic N) is 2. The molecule has 1 aliphatic rings. The van der Waals surface area contributed by atoms with Crippen molar-refractivity contribution >= 4 is 5.91 Å². The van der Waals surface area contributed by atoms with Crippen molar-refractivity contribution in [3.63, 3.8) is 0 Å². The number of ether oxygens (including phenoxy) is 1. The largest absolute Gasteiger partial charge is 0.491 e. The summed E-state index contributed by atoms with van der Waals surface area (Å²) in [5.41, 5.74) is 0.686. The highest BCUT2D eigenvalue weighted by molar-refractivity contribution is 5.76. The summed E-state index contributed by atoms with van der Waals surface area (Å²) in [5, 5.41) is 11.2. The number of amides is 1. The first-order chi connectivity index (χ1) is 14.0. The number of carbonyl (C=O) groups excluding carboxylic acids is 1. The Balaban J connectivity index is 1.55. The first kappa shape index (κ1) is 21.0. The third kappa shape index (κ3) is 6.41.